The summed E-state index contributed by atoms with van der Waals surface area (Å²) in [5.74, 6) is 0.101. The van der Waals surface area contributed by atoms with Gasteiger partial charge in [0.15, 0.2) is 0 Å². The fourth-order valence-corrected chi connectivity index (χ4v) is 6.82. The van der Waals surface area contributed by atoms with Crippen LogP contribution in [0.3, 0.4) is 0 Å². The summed E-state index contributed by atoms with van der Waals surface area (Å²) in [5, 5.41) is 4.24. The lowest BCUT2D eigenvalue weighted by atomic mass is 9.93. The van der Waals surface area contributed by atoms with Gasteiger partial charge in [0.2, 0.25) is 0 Å². The number of carbonyl (C=O) groups excluding carboxylic acids is 1. The van der Waals surface area contributed by atoms with Crippen LogP contribution >= 0.6 is 11.3 Å². The molecular weight excluding hydrogens is 414 g/mol. The van der Waals surface area contributed by atoms with E-state index in [1.807, 2.05) is 6.21 Å². The molecule has 0 radical (unpaired) electrons. The Morgan fingerprint density at radius 3 is 2.62 bits per heavy atom. The van der Waals surface area contributed by atoms with Crippen LogP contribution in [-0.4, -0.2) is 31.3 Å². The Hall–Kier alpha value is -2.14. The first kappa shape index (κ1) is 21.7. The number of anilines is 1. The molecular formula is C27H35N3OS. The molecule has 0 unspecified atom stereocenters. The monoisotopic (exact) mass is 449 g/mol. The first-order valence-electron chi connectivity index (χ1n) is 12.5. The normalized spacial score (nSPS) is 19.5. The fraction of sp³-hybridized carbons (Fsp3) is 0.556. The van der Waals surface area contributed by atoms with Crippen molar-refractivity contribution in [1.29, 1.82) is 0 Å². The molecule has 170 valence electrons. The summed E-state index contributed by atoms with van der Waals surface area (Å²) in [6.07, 6.45) is 15.0. The van der Waals surface area contributed by atoms with Gasteiger partial charge >= 0.3 is 0 Å². The van der Waals surface area contributed by atoms with Gasteiger partial charge in [-0.25, -0.2) is 4.99 Å². The lowest BCUT2D eigenvalue weighted by Gasteiger charge is -2.23. The molecule has 1 saturated carbocycles. The highest BCUT2D eigenvalue weighted by Crippen LogP contribution is 2.40. The summed E-state index contributed by atoms with van der Waals surface area (Å²) in [7, 11) is 0. The molecule has 5 rings (SSSR count). The number of hydrogen-bond acceptors (Lipinski definition) is 4. The molecule has 1 N–H and O–H groups in total. The van der Waals surface area contributed by atoms with Gasteiger partial charge < -0.3 is 10.2 Å². The molecule has 3 aliphatic rings. The highest BCUT2D eigenvalue weighted by atomic mass is 32.1. The summed E-state index contributed by atoms with van der Waals surface area (Å²) >= 11 is 1.73. The van der Waals surface area contributed by atoms with E-state index in [2.05, 4.69) is 35.3 Å². The molecule has 2 aromatic rings. The average molecular weight is 450 g/mol. The van der Waals surface area contributed by atoms with E-state index in [0.717, 1.165) is 54.9 Å². The van der Waals surface area contributed by atoms with E-state index < -0.39 is 0 Å². The Labute approximate surface area is 196 Å². The number of aliphatic imine (C=N–C) groups is 1. The molecule has 1 saturated heterocycles. The minimum Gasteiger partial charge on any atom is -0.371 e. The predicted octanol–water partition coefficient (Wildman–Crippen LogP) is 6.35. The maximum atomic E-state index is 13.3. The molecule has 1 aromatic carbocycles. The first-order chi connectivity index (χ1) is 15.7. The van der Waals surface area contributed by atoms with Crippen LogP contribution < -0.4 is 10.2 Å². The minimum absolute atomic E-state index is 0.101. The largest absolute Gasteiger partial charge is 0.371 e. The van der Waals surface area contributed by atoms with Crippen LogP contribution in [0.15, 0.2) is 23.2 Å². The smallest absolute Gasteiger partial charge is 0.254 e. The SMILES string of the molecule is Cc1cc(C=Nc2sc3c(c2C(=O)NC2CCCCC2)CCCC3)ccc1N1CCCC1. The second-order valence-corrected chi connectivity index (χ2v) is 10.8. The molecule has 2 aliphatic carbocycles. The van der Waals surface area contributed by atoms with E-state index in [-0.39, 0.29) is 5.91 Å². The zero-order valence-corrected chi connectivity index (χ0v) is 20.1. The third kappa shape index (κ3) is 4.63. The van der Waals surface area contributed by atoms with E-state index in [0.29, 0.717) is 6.04 Å². The van der Waals surface area contributed by atoms with Crippen molar-refractivity contribution in [2.45, 2.75) is 83.6 Å². The van der Waals surface area contributed by atoms with E-state index in [1.165, 1.54) is 66.6 Å². The van der Waals surface area contributed by atoms with Crippen LogP contribution in [0, 0.1) is 6.92 Å². The number of nitrogens with one attached hydrogen (secondary N) is 1. The van der Waals surface area contributed by atoms with Crippen molar-refractivity contribution in [2.75, 3.05) is 18.0 Å². The Kier molecular flexibility index (Phi) is 6.63. The zero-order valence-electron chi connectivity index (χ0n) is 19.3. The van der Waals surface area contributed by atoms with Crippen molar-refractivity contribution in [2.24, 2.45) is 4.99 Å². The first-order valence-corrected chi connectivity index (χ1v) is 13.4. The van der Waals surface area contributed by atoms with Crippen LogP contribution in [0.5, 0.6) is 0 Å². The average Bonchev–Trinajstić information content (AvgIpc) is 3.46. The number of benzene rings is 1. The quantitative estimate of drug-likeness (QED) is 0.541. The molecule has 4 nitrogen and oxygen atoms in total. The van der Waals surface area contributed by atoms with Crippen LogP contribution in [-0.2, 0) is 12.8 Å². The number of hydrogen-bond donors (Lipinski definition) is 1. The maximum Gasteiger partial charge on any atom is 0.254 e. The third-order valence-corrected chi connectivity index (χ3v) is 8.52. The second kappa shape index (κ2) is 9.78. The van der Waals surface area contributed by atoms with Gasteiger partial charge in [0.05, 0.1) is 5.56 Å². The lowest BCUT2D eigenvalue weighted by molar-refractivity contribution is 0.0927. The van der Waals surface area contributed by atoms with Crippen LogP contribution in [0.4, 0.5) is 10.7 Å². The van der Waals surface area contributed by atoms with Gasteiger partial charge in [0.25, 0.3) is 5.91 Å². The number of amides is 1. The Bertz CT molecular complexity index is 997. The summed E-state index contributed by atoms with van der Waals surface area (Å²) in [4.78, 5) is 22.1. The van der Waals surface area contributed by atoms with Gasteiger partial charge in [-0.3, -0.25) is 4.79 Å². The van der Waals surface area contributed by atoms with E-state index in [1.54, 1.807) is 11.3 Å². The Morgan fingerprint density at radius 1 is 1.06 bits per heavy atom. The minimum atomic E-state index is 0.101. The van der Waals surface area contributed by atoms with Gasteiger partial charge in [-0.2, -0.15) is 0 Å². The van der Waals surface area contributed by atoms with Crippen molar-refractivity contribution in [3.05, 3.63) is 45.3 Å². The molecule has 5 heteroatoms. The maximum absolute atomic E-state index is 13.3. The van der Waals surface area contributed by atoms with Crippen molar-refractivity contribution in [3.63, 3.8) is 0 Å². The second-order valence-electron chi connectivity index (χ2n) is 9.70. The zero-order chi connectivity index (χ0) is 21.9. The van der Waals surface area contributed by atoms with Crippen LogP contribution in [0.1, 0.15) is 89.7 Å². The predicted molar refractivity (Wildman–Crippen MR) is 135 cm³/mol. The van der Waals surface area contributed by atoms with Crippen LogP contribution in [0.25, 0.3) is 0 Å². The van der Waals surface area contributed by atoms with Gasteiger partial charge in [0, 0.05) is 35.9 Å². The van der Waals surface area contributed by atoms with E-state index in [9.17, 15) is 4.79 Å². The molecule has 1 aliphatic heterocycles. The highest BCUT2D eigenvalue weighted by molar-refractivity contribution is 7.16. The molecule has 2 fully saturated rings. The van der Waals surface area contributed by atoms with E-state index >= 15 is 0 Å². The summed E-state index contributed by atoms with van der Waals surface area (Å²) in [5.41, 5.74) is 5.88. The van der Waals surface area contributed by atoms with Gasteiger partial charge in [-0.1, -0.05) is 25.3 Å². The van der Waals surface area contributed by atoms with Crippen molar-refractivity contribution >= 4 is 34.1 Å². The van der Waals surface area contributed by atoms with Gasteiger partial charge in [-0.15, -0.1) is 11.3 Å². The summed E-state index contributed by atoms with van der Waals surface area (Å²) in [6.45, 7) is 4.51. The Morgan fingerprint density at radius 2 is 1.84 bits per heavy atom. The van der Waals surface area contributed by atoms with Crippen molar-refractivity contribution in [3.8, 4) is 0 Å². The van der Waals surface area contributed by atoms with Gasteiger partial charge in [-0.05, 0) is 87.1 Å². The topological polar surface area (TPSA) is 44.7 Å². The molecule has 0 spiro atoms. The summed E-state index contributed by atoms with van der Waals surface area (Å²) < 4.78 is 0. The molecule has 2 heterocycles. The molecule has 32 heavy (non-hydrogen) atoms. The molecule has 1 amide bonds. The molecule has 0 atom stereocenters. The lowest BCUT2D eigenvalue weighted by Crippen LogP contribution is -2.36. The van der Waals surface area contributed by atoms with Crippen molar-refractivity contribution < 1.29 is 4.79 Å². The molecule has 1 aromatic heterocycles. The number of aryl methyl sites for hydroxylation is 2. The third-order valence-electron chi connectivity index (χ3n) is 7.32. The van der Waals surface area contributed by atoms with Crippen LogP contribution in [0.2, 0.25) is 0 Å². The number of thiophene rings is 1. The standard InChI is InChI=1S/C27H35N3OS/c1-19-17-20(13-14-23(19)30-15-7-8-16-30)18-28-27-25(22-11-5-6-12-24(22)32-27)26(31)29-21-9-3-2-4-10-21/h13-14,17-18,21H,2-12,15-16H2,1H3,(H,29,31). The summed E-state index contributed by atoms with van der Waals surface area (Å²) in [6, 6.07) is 6.96. The van der Waals surface area contributed by atoms with Crippen molar-refractivity contribution in [1.82, 2.24) is 5.32 Å². The van der Waals surface area contributed by atoms with E-state index in [4.69, 9.17) is 4.99 Å². The number of fused-ring (bicyclic) bond motifs is 1. The highest BCUT2D eigenvalue weighted by Gasteiger charge is 2.27. The number of carbonyl (C=O) groups is 1. The fourth-order valence-electron chi connectivity index (χ4n) is 5.59. The van der Waals surface area contributed by atoms with Gasteiger partial charge in [0.1, 0.15) is 5.00 Å². The number of nitrogens with zero attached hydrogens (tertiary/aromatic N) is 2. The number of rotatable bonds is 5. The Balaban J connectivity index is 1.39. The molecule has 0 bridgehead atoms.